The van der Waals surface area contributed by atoms with Crippen LogP contribution in [0.4, 0.5) is 0 Å². The third-order valence-electron chi connectivity index (χ3n) is 2.36. The third kappa shape index (κ3) is 2.88. The summed E-state index contributed by atoms with van der Waals surface area (Å²) >= 11 is 1.34. The lowest BCUT2D eigenvalue weighted by Gasteiger charge is -2.16. The average molecular weight is 248 g/mol. The zero-order valence-electron chi connectivity index (χ0n) is 9.13. The number of thioether (sulfide) groups is 1. The van der Waals surface area contributed by atoms with E-state index >= 15 is 0 Å². The molecule has 0 unspecified atom stereocenters. The van der Waals surface area contributed by atoms with Crippen LogP contribution in [0.15, 0.2) is 41.4 Å². The Morgan fingerprint density at radius 3 is 2.76 bits per heavy atom. The van der Waals surface area contributed by atoms with Gasteiger partial charge in [-0.05, 0) is 5.56 Å². The van der Waals surface area contributed by atoms with Crippen molar-refractivity contribution in [2.75, 3.05) is 5.75 Å². The van der Waals surface area contributed by atoms with Gasteiger partial charge < -0.3 is 10.6 Å². The average Bonchev–Trinajstić information content (AvgIpc) is 2.62. The quantitative estimate of drug-likeness (QED) is 0.814. The molecule has 1 aromatic rings. The van der Waals surface area contributed by atoms with Gasteiger partial charge in [0.1, 0.15) is 0 Å². The lowest BCUT2D eigenvalue weighted by molar-refractivity contribution is -0.125. The molecule has 0 spiro atoms. The highest BCUT2D eigenvalue weighted by Crippen LogP contribution is 2.29. The van der Waals surface area contributed by atoms with E-state index in [4.69, 9.17) is 5.73 Å². The van der Waals surface area contributed by atoms with Crippen molar-refractivity contribution < 1.29 is 9.59 Å². The van der Waals surface area contributed by atoms with Gasteiger partial charge in [0.05, 0.1) is 17.3 Å². The lowest BCUT2D eigenvalue weighted by atomic mass is 10.2. The molecular weight excluding hydrogens is 236 g/mol. The first kappa shape index (κ1) is 11.7. The Kier molecular flexibility index (Phi) is 3.49. The molecule has 1 heterocycles. The summed E-state index contributed by atoms with van der Waals surface area (Å²) in [4.78, 5) is 24.1. The zero-order valence-corrected chi connectivity index (χ0v) is 9.94. The fourth-order valence-corrected chi connectivity index (χ4v) is 2.54. The van der Waals surface area contributed by atoms with Gasteiger partial charge in [0, 0.05) is 6.08 Å². The molecule has 2 N–H and O–H groups in total. The summed E-state index contributed by atoms with van der Waals surface area (Å²) < 4.78 is 0. The summed E-state index contributed by atoms with van der Waals surface area (Å²) in [5.41, 5.74) is 6.13. The normalized spacial score (nSPS) is 17.8. The van der Waals surface area contributed by atoms with Gasteiger partial charge in [-0.3, -0.25) is 9.59 Å². The molecule has 1 fully saturated rings. The van der Waals surface area contributed by atoms with Crippen LogP contribution in [0.3, 0.4) is 0 Å². The number of benzene rings is 1. The molecule has 1 saturated heterocycles. The predicted octanol–water partition coefficient (Wildman–Crippen LogP) is 1.09. The summed E-state index contributed by atoms with van der Waals surface area (Å²) in [5, 5.41) is 0.631. The van der Waals surface area contributed by atoms with Crippen molar-refractivity contribution in [1.82, 2.24) is 4.90 Å². The molecule has 1 aromatic carbocycles. The number of hydrogen-bond donors (Lipinski definition) is 1. The van der Waals surface area contributed by atoms with Gasteiger partial charge in [0.25, 0.3) is 0 Å². The minimum absolute atomic E-state index is 0.00588. The Labute approximate surface area is 103 Å². The lowest BCUT2D eigenvalue weighted by Crippen LogP contribution is -2.24. The van der Waals surface area contributed by atoms with Gasteiger partial charge in [-0.15, -0.1) is 0 Å². The van der Waals surface area contributed by atoms with E-state index in [1.165, 1.54) is 17.8 Å². The van der Waals surface area contributed by atoms with Crippen LogP contribution in [0.1, 0.15) is 5.56 Å². The van der Waals surface area contributed by atoms with E-state index in [1.807, 2.05) is 30.3 Å². The fourth-order valence-electron chi connectivity index (χ4n) is 1.59. The summed E-state index contributed by atoms with van der Waals surface area (Å²) in [6.45, 7) is 0.478. The van der Waals surface area contributed by atoms with Crippen LogP contribution in [0.25, 0.3) is 0 Å². The molecule has 5 heteroatoms. The van der Waals surface area contributed by atoms with Gasteiger partial charge >= 0.3 is 0 Å². The standard InChI is InChI=1S/C12H12N2O2S/c13-10(15)6-12-14(11(16)8-17-12)7-9-4-2-1-3-5-9/h1-6H,7-8H2,(H2,13,15)/b12-6-. The summed E-state index contributed by atoms with van der Waals surface area (Å²) in [7, 11) is 0. The largest absolute Gasteiger partial charge is 0.366 e. The second kappa shape index (κ2) is 5.05. The van der Waals surface area contributed by atoms with Crippen molar-refractivity contribution in [3.05, 3.63) is 47.0 Å². The fraction of sp³-hybridized carbons (Fsp3) is 0.167. The number of nitrogens with zero attached hydrogens (tertiary/aromatic N) is 1. The summed E-state index contributed by atoms with van der Waals surface area (Å²) in [6, 6.07) is 9.64. The highest BCUT2D eigenvalue weighted by Gasteiger charge is 2.26. The Bertz CT molecular complexity index is 471. The van der Waals surface area contributed by atoms with Crippen LogP contribution in [-0.4, -0.2) is 22.5 Å². The van der Waals surface area contributed by atoms with Crippen molar-refractivity contribution in [3.63, 3.8) is 0 Å². The molecule has 88 valence electrons. The molecule has 0 radical (unpaired) electrons. The second-order valence-corrected chi connectivity index (χ2v) is 4.63. The van der Waals surface area contributed by atoms with E-state index in [0.717, 1.165) is 5.56 Å². The summed E-state index contributed by atoms with van der Waals surface area (Å²) in [6.07, 6.45) is 1.30. The van der Waals surface area contributed by atoms with Crippen molar-refractivity contribution in [3.8, 4) is 0 Å². The zero-order chi connectivity index (χ0) is 12.3. The molecule has 0 bridgehead atoms. The van der Waals surface area contributed by atoms with Crippen LogP contribution in [0.2, 0.25) is 0 Å². The molecule has 4 nitrogen and oxygen atoms in total. The van der Waals surface area contributed by atoms with Gasteiger partial charge in [-0.25, -0.2) is 0 Å². The van der Waals surface area contributed by atoms with Crippen LogP contribution in [0, 0.1) is 0 Å². The predicted molar refractivity (Wildman–Crippen MR) is 66.7 cm³/mol. The Morgan fingerprint density at radius 2 is 2.12 bits per heavy atom. The number of primary amides is 1. The molecule has 2 rings (SSSR count). The second-order valence-electron chi connectivity index (χ2n) is 3.64. The van der Waals surface area contributed by atoms with E-state index in [9.17, 15) is 9.59 Å². The Hall–Kier alpha value is -1.75. The number of carbonyl (C=O) groups excluding carboxylic acids is 2. The minimum atomic E-state index is -0.528. The summed E-state index contributed by atoms with van der Waals surface area (Å²) in [5.74, 6) is -0.155. The van der Waals surface area contributed by atoms with E-state index < -0.39 is 5.91 Å². The van der Waals surface area contributed by atoms with E-state index in [1.54, 1.807) is 4.90 Å². The monoisotopic (exact) mass is 248 g/mol. The number of amides is 2. The van der Waals surface area contributed by atoms with Gasteiger partial charge in [0.15, 0.2) is 0 Å². The molecule has 0 saturated carbocycles. The van der Waals surface area contributed by atoms with Gasteiger partial charge in [-0.2, -0.15) is 0 Å². The SMILES string of the molecule is NC(=O)/C=C1\SCC(=O)N1Cc1ccccc1. The first-order valence-corrected chi connectivity index (χ1v) is 6.13. The number of hydrogen-bond acceptors (Lipinski definition) is 3. The highest BCUT2D eigenvalue weighted by atomic mass is 32.2. The van der Waals surface area contributed by atoms with Crippen LogP contribution < -0.4 is 5.73 Å². The molecule has 1 aliphatic heterocycles. The molecule has 1 aliphatic rings. The maximum Gasteiger partial charge on any atom is 0.244 e. The molecule has 0 aliphatic carbocycles. The maximum absolute atomic E-state index is 11.7. The van der Waals surface area contributed by atoms with Crippen molar-refractivity contribution >= 4 is 23.6 Å². The van der Waals surface area contributed by atoms with Crippen molar-refractivity contribution in [2.24, 2.45) is 5.73 Å². The minimum Gasteiger partial charge on any atom is -0.366 e. The maximum atomic E-state index is 11.7. The van der Waals surface area contributed by atoms with E-state index in [2.05, 4.69) is 0 Å². The smallest absolute Gasteiger partial charge is 0.244 e. The topological polar surface area (TPSA) is 63.4 Å². The van der Waals surface area contributed by atoms with Crippen LogP contribution >= 0.6 is 11.8 Å². The van der Waals surface area contributed by atoms with Gasteiger partial charge in [0.2, 0.25) is 11.8 Å². The first-order chi connectivity index (χ1) is 8.16. The molecule has 0 atom stereocenters. The van der Waals surface area contributed by atoms with E-state index in [-0.39, 0.29) is 5.91 Å². The van der Waals surface area contributed by atoms with Crippen molar-refractivity contribution in [2.45, 2.75) is 6.54 Å². The molecule has 0 aromatic heterocycles. The number of rotatable bonds is 3. The Balaban J connectivity index is 2.18. The molecular formula is C12H12N2O2S. The third-order valence-corrected chi connectivity index (χ3v) is 3.39. The molecule has 2 amide bonds. The number of carbonyl (C=O) groups is 2. The van der Waals surface area contributed by atoms with Gasteiger partial charge in [-0.1, -0.05) is 42.1 Å². The van der Waals surface area contributed by atoms with Crippen molar-refractivity contribution in [1.29, 1.82) is 0 Å². The number of nitrogens with two attached hydrogens (primary N) is 1. The van der Waals surface area contributed by atoms with Crippen LogP contribution in [0.5, 0.6) is 0 Å². The van der Waals surface area contributed by atoms with E-state index in [0.29, 0.717) is 17.3 Å². The Morgan fingerprint density at radius 1 is 1.41 bits per heavy atom. The van der Waals surface area contributed by atoms with Crippen LogP contribution in [-0.2, 0) is 16.1 Å². The highest BCUT2D eigenvalue weighted by molar-refractivity contribution is 8.04. The molecule has 17 heavy (non-hydrogen) atoms. The first-order valence-electron chi connectivity index (χ1n) is 5.15.